The van der Waals surface area contributed by atoms with Crippen molar-refractivity contribution in [2.45, 2.75) is 31.3 Å². The Hall–Kier alpha value is -0.190. The van der Waals surface area contributed by atoms with Crippen LogP contribution < -0.4 is 0 Å². The van der Waals surface area contributed by atoms with Crippen LogP contribution in [0.1, 0.15) is 13.8 Å². The predicted molar refractivity (Wildman–Crippen MR) is 40.0 cm³/mol. The van der Waals surface area contributed by atoms with E-state index in [1.807, 2.05) is 0 Å². The van der Waals surface area contributed by atoms with E-state index in [0.717, 1.165) is 0 Å². The third-order valence-corrected chi connectivity index (χ3v) is 2.53. The van der Waals surface area contributed by atoms with E-state index in [1.165, 1.54) is 11.8 Å². The van der Waals surface area contributed by atoms with Gasteiger partial charge in [-0.25, -0.2) is 0 Å². The van der Waals surface area contributed by atoms with Gasteiger partial charge in [-0.05, 0) is 6.92 Å². The Morgan fingerprint density at radius 1 is 1.45 bits per heavy atom. The highest BCUT2D eigenvalue weighted by Crippen LogP contribution is 2.36. The third kappa shape index (κ3) is 1.89. The molecule has 0 bridgehead atoms. The number of hydrogen-bond acceptors (Lipinski definition) is 2. The molecule has 1 rings (SSSR count). The van der Waals surface area contributed by atoms with Gasteiger partial charge in [0.15, 0.2) is 6.04 Å². The highest BCUT2D eigenvalue weighted by Gasteiger charge is 2.46. The molecule has 0 aliphatic carbocycles. The van der Waals surface area contributed by atoms with E-state index < -0.39 is 17.5 Å². The quantitative estimate of drug-likeness (QED) is 0.562. The fourth-order valence-corrected chi connectivity index (χ4v) is 2.06. The highest BCUT2D eigenvalue weighted by molar-refractivity contribution is 8.14. The molecule has 1 aliphatic heterocycles. The van der Waals surface area contributed by atoms with Gasteiger partial charge in [0, 0.05) is 5.25 Å². The monoisotopic (exact) mass is 183 g/mol. The standard InChI is InChI=1S/C6H8F3NS/c1-3-5(6(7,8)9)10-4(2)11-3/h3,5H,1-2H3. The van der Waals surface area contributed by atoms with Gasteiger partial charge >= 0.3 is 6.18 Å². The van der Waals surface area contributed by atoms with Crippen LogP contribution in [0.2, 0.25) is 0 Å². The molecule has 5 heteroatoms. The van der Waals surface area contributed by atoms with Gasteiger partial charge in [0.2, 0.25) is 0 Å². The summed E-state index contributed by atoms with van der Waals surface area (Å²) in [6.07, 6.45) is -4.18. The van der Waals surface area contributed by atoms with Crippen molar-refractivity contribution in [1.82, 2.24) is 0 Å². The molecule has 1 heterocycles. The first kappa shape index (κ1) is 8.90. The van der Waals surface area contributed by atoms with E-state index in [2.05, 4.69) is 4.99 Å². The number of aliphatic imine (C=N–C) groups is 1. The smallest absolute Gasteiger partial charge is 0.269 e. The van der Waals surface area contributed by atoms with Crippen molar-refractivity contribution in [3.63, 3.8) is 0 Å². The van der Waals surface area contributed by atoms with Crippen molar-refractivity contribution in [3.05, 3.63) is 0 Å². The summed E-state index contributed by atoms with van der Waals surface area (Å²) in [5, 5.41) is 0.0647. The summed E-state index contributed by atoms with van der Waals surface area (Å²) in [7, 11) is 0. The van der Waals surface area contributed by atoms with Gasteiger partial charge in [-0.3, -0.25) is 4.99 Å². The summed E-state index contributed by atoms with van der Waals surface area (Å²) >= 11 is 1.19. The van der Waals surface area contributed by atoms with Crippen LogP contribution in [0.25, 0.3) is 0 Å². The molecule has 2 unspecified atom stereocenters. The molecule has 0 saturated carbocycles. The predicted octanol–water partition coefficient (Wildman–Crippen LogP) is 2.47. The second kappa shape index (κ2) is 2.69. The van der Waals surface area contributed by atoms with Crippen molar-refractivity contribution in [2.24, 2.45) is 4.99 Å². The minimum absolute atomic E-state index is 0.463. The molecular weight excluding hydrogens is 175 g/mol. The SMILES string of the molecule is CC1=NC(C(F)(F)F)C(C)S1. The van der Waals surface area contributed by atoms with Crippen LogP contribution in [0.5, 0.6) is 0 Å². The molecule has 0 saturated heterocycles. The molecular formula is C6H8F3NS. The highest BCUT2D eigenvalue weighted by atomic mass is 32.2. The van der Waals surface area contributed by atoms with Gasteiger partial charge in [0.05, 0.1) is 5.04 Å². The normalized spacial score (nSPS) is 32.3. The number of thioether (sulfide) groups is 1. The molecule has 0 fully saturated rings. The Labute approximate surface area is 67.1 Å². The Bertz CT molecular complexity index is 187. The fraction of sp³-hybridized carbons (Fsp3) is 0.833. The zero-order valence-electron chi connectivity index (χ0n) is 6.14. The number of rotatable bonds is 0. The lowest BCUT2D eigenvalue weighted by atomic mass is 10.2. The first-order valence-electron chi connectivity index (χ1n) is 3.19. The van der Waals surface area contributed by atoms with E-state index in [0.29, 0.717) is 5.04 Å². The molecule has 11 heavy (non-hydrogen) atoms. The summed E-state index contributed by atoms with van der Waals surface area (Å²) in [5.74, 6) is 0. The first-order valence-corrected chi connectivity index (χ1v) is 4.07. The van der Waals surface area contributed by atoms with Crippen LogP contribution in [0.4, 0.5) is 13.2 Å². The van der Waals surface area contributed by atoms with Crippen molar-refractivity contribution < 1.29 is 13.2 Å². The Balaban J connectivity index is 2.74. The van der Waals surface area contributed by atoms with Gasteiger partial charge in [-0.2, -0.15) is 13.2 Å². The van der Waals surface area contributed by atoms with E-state index in [-0.39, 0.29) is 0 Å². The van der Waals surface area contributed by atoms with Crippen LogP contribution >= 0.6 is 11.8 Å². The number of halogens is 3. The van der Waals surface area contributed by atoms with Crippen molar-refractivity contribution in [1.29, 1.82) is 0 Å². The molecule has 1 nitrogen and oxygen atoms in total. The summed E-state index contributed by atoms with van der Waals surface area (Å²) < 4.78 is 36.2. The summed E-state index contributed by atoms with van der Waals surface area (Å²) in [4.78, 5) is 3.50. The zero-order valence-corrected chi connectivity index (χ0v) is 6.96. The first-order chi connectivity index (χ1) is 4.91. The van der Waals surface area contributed by atoms with Gasteiger partial charge in [-0.15, -0.1) is 11.8 Å². The van der Waals surface area contributed by atoms with E-state index in [1.54, 1.807) is 13.8 Å². The largest absolute Gasteiger partial charge is 0.411 e. The fourth-order valence-electron chi connectivity index (χ4n) is 1.00. The number of nitrogens with zero attached hydrogens (tertiary/aromatic N) is 1. The molecule has 0 aromatic heterocycles. The Morgan fingerprint density at radius 3 is 2.18 bits per heavy atom. The topological polar surface area (TPSA) is 12.4 Å². The molecule has 2 atom stereocenters. The zero-order chi connectivity index (χ0) is 8.65. The minimum atomic E-state index is -4.18. The second-order valence-corrected chi connectivity index (χ2v) is 4.03. The maximum Gasteiger partial charge on any atom is 0.411 e. The van der Waals surface area contributed by atoms with Crippen LogP contribution in [0.15, 0.2) is 4.99 Å². The lowest BCUT2D eigenvalue weighted by Crippen LogP contribution is -2.32. The van der Waals surface area contributed by atoms with Gasteiger partial charge in [0.1, 0.15) is 0 Å². The average Bonchev–Trinajstić information content (AvgIpc) is 2.08. The maximum absolute atomic E-state index is 12.1. The molecule has 0 radical (unpaired) electrons. The number of alkyl halides is 3. The van der Waals surface area contributed by atoms with E-state index >= 15 is 0 Å². The minimum Gasteiger partial charge on any atom is -0.269 e. The maximum atomic E-state index is 12.1. The summed E-state index contributed by atoms with van der Waals surface area (Å²) in [6.45, 7) is 3.15. The van der Waals surface area contributed by atoms with Gasteiger partial charge in [0.25, 0.3) is 0 Å². The van der Waals surface area contributed by atoms with E-state index in [4.69, 9.17) is 0 Å². The Morgan fingerprint density at radius 2 is 2.00 bits per heavy atom. The average molecular weight is 183 g/mol. The van der Waals surface area contributed by atoms with Gasteiger partial charge in [-0.1, -0.05) is 6.92 Å². The summed E-state index contributed by atoms with van der Waals surface area (Å²) in [5.41, 5.74) is 0. The lowest BCUT2D eigenvalue weighted by Gasteiger charge is -2.15. The van der Waals surface area contributed by atoms with Crippen LogP contribution in [0, 0.1) is 0 Å². The molecule has 64 valence electrons. The molecule has 0 spiro atoms. The van der Waals surface area contributed by atoms with E-state index in [9.17, 15) is 13.2 Å². The third-order valence-electron chi connectivity index (χ3n) is 1.46. The molecule has 0 N–H and O–H groups in total. The second-order valence-electron chi connectivity index (χ2n) is 2.46. The number of hydrogen-bond donors (Lipinski definition) is 0. The van der Waals surface area contributed by atoms with Crippen molar-refractivity contribution in [2.75, 3.05) is 0 Å². The van der Waals surface area contributed by atoms with Crippen molar-refractivity contribution in [3.8, 4) is 0 Å². The molecule has 0 aromatic carbocycles. The molecule has 1 aliphatic rings. The van der Waals surface area contributed by atoms with Crippen LogP contribution in [0.3, 0.4) is 0 Å². The van der Waals surface area contributed by atoms with Crippen LogP contribution in [-0.4, -0.2) is 22.5 Å². The van der Waals surface area contributed by atoms with Crippen molar-refractivity contribution >= 4 is 16.8 Å². The van der Waals surface area contributed by atoms with Crippen LogP contribution in [-0.2, 0) is 0 Å². The summed E-state index contributed by atoms with van der Waals surface area (Å²) in [6, 6.07) is -1.49. The molecule has 0 amide bonds. The lowest BCUT2D eigenvalue weighted by molar-refractivity contribution is -0.145. The van der Waals surface area contributed by atoms with Gasteiger partial charge < -0.3 is 0 Å². The Kier molecular flexibility index (Phi) is 2.18. The molecule has 0 aromatic rings.